The van der Waals surface area contributed by atoms with Crippen molar-refractivity contribution in [3.8, 4) is 0 Å². The van der Waals surface area contributed by atoms with Gasteiger partial charge in [-0.2, -0.15) is 0 Å². The van der Waals surface area contributed by atoms with E-state index >= 15 is 0 Å². The first-order valence-corrected chi connectivity index (χ1v) is 9.72. The maximum atomic E-state index is 13.5. The van der Waals surface area contributed by atoms with E-state index in [9.17, 15) is 14.0 Å². The fourth-order valence-corrected chi connectivity index (χ4v) is 3.56. The number of hydrogen-bond donors (Lipinski definition) is 1. The molecule has 1 N–H and O–H groups in total. The van der Waals surface area contributed by atoms with Crippen molar-refractivity contribution in [2.45, 2.75) is 13.8 Å². The van der Waals surface area contributed by atoms with E-state index in [1.54, 1.807) is 24.3 Å². The first kappa shape index (κ1) is 19.9. The van der Waals surface area contributed by atoms with Crippen LogP contribution < -0.4 is 10.2 Å². The topological polar surface area (TPSA) is 49.4 Å². The molecule has 4 rings (SSSR count). The Kier molecular flexibility index (Phi) is 5.14. The SMILES string of the molecule is Cc1ccc(NC2=C(c3ccc(F)cc3)C(=O)N(c3ccccc3C)C2=O)cc1Cl. The van der Waals surface area contributed by atoms with Gasteiger partial charge in [0.25, 0.3) is 11.8 Å². The largest absolute Gasteiger partial charge is 0.350 e. The molecule has 1 aliphatic heterocycles. The van der Waals surface area contributed by atoms with Crippen molar-refractivity contribution in [2.75, 3.05) is 10.2 Å². The molecular formula is C24H18ClFN2O2. The van der Waals surface area contributed by atoms with Gasteiger partial charge < -0.3 is 5.32 Å². The number of carbonyl (C=O) groups is 2. The van der Waals surface area contributed by atoms with Crippen molar-refractivity contribution in [3.05, 3.63) is 100.0 Å². The van der Waals surface area contributed by atoms with Crippen molar-refractivity contribution in [1.82, 2.24) is 0 Å². The molecule has 0 bridgehead atoms. The van der Waals surface area contributed by atoms with E-state index < -0.39 is 17.6 Å². The lowest BCUT2D eigenvalue weighted by molar-refractivity contribution is -0.120. The van der Waals surface area contributed by atoms with E-state index in [-0.39, 0.29) is 11.3 Å². The zero-order valence-electron chi connectivity index (χ0n) is 16.4. The average molecular weight is 421 g/mol. The van der Waals surface area contributed by atoms with Gasteiger partial charge in [-0.1, -0.05) is 48.0 Å². The van der Waals surface area contributed by atoms with Gasteiger partial charge in [0, 0.05) is 10.7 Å². The molecule has 3 aromatic rings. The molecule has 150 valence electrons. The molecule has 0 atom stereocenters. The zero-order chi connectivity index (χ0) is 21.4. The second kappa shape index (κ2) is 7.76. The standard InChI is InChI=1S/C24H18ClFN2O2/c1-14-7-12-18(13-19(14)25)27-22-21(16-8-10-17(26)11-9-16)23(29)28(24(22)30)20-6-4-3-5-15(20)2/h3-13,27H,1-2H3. The lowest BCUT2D eigenvalue weighted by Gasteiger charge is -2.17. The highest BCUT2D eigenvalue weighted by Gasteiger charge is 2.40. The van der Waals surface area contributed by atoms with Crippen molar-refractivity contribution >= 4 is 40.4 Å². The third-order valence-corrected chi connectivity index (χ3v) is 5.42. The number of hydrogen-bond acceptors (Lipinski definition) is 3. The summed E-state index contributed by atoms with van der Waals surface area (Å²) in [6, 6.07) is 18.0. The van der Waals surface area contributed by atoms with Gasteiger partial charge in [-0.05, 0) is 60.9 Å². The number of imide groups is 1. The Morgan fingerprint density at radius 2 is 1.57 bits per heavy atom. The van der Waals surface area contributed by atoms with E-state index in [4.69, 9.17) is 11.6 Å². The minimum Gasteiger partial charge on any atom is -0.350 e. The molecule has 3 aromatic carbocycles. The van der Waals surface area contributed by atoms with Crippen LogP contribution >= 0.6 is 11.6 Å². The monoisotopic (exact) mass is 420 g/mol. The summed E-state index contributed by atoms with van der Waals surface area (Å²) in [6.07, 6.45) is 0. The summed E-state index contributed by atoms with van der Waals surface area (Å²) >= 11 is 6.22. The van der Waals surface area contributed by atoms with Crippen LogP contribution in [0.4, 0.5) is 15.8 Å². The number of carbonyl (C=O) groups excluding carboxylic acids is 2. The van der Waals surface area contributed by atoms with Crippen molar-refractivity contribution in [2.24, 2.45) is 0 Å². The fraction of sp³-hybridized carbons (Fsp3) is 0.0833. The Morgan fingerprint density at radius 3 is 2.23 bits per heavy atom. The fourth-order valence-electron chi connectivity index (χ4n) is 3.38. The molecule has 0 aromatic heterocycles. The van der Waals surface area contributed by atoms with Crippen molar-refractivity contribution in [3.63, 3.8) is 0 Å². The Morgan fingerprint density at radius 1 is 0.867 bits per heavy atom. The van der Waals surface area contributed by atoms with E-state index in [1.165, 1.54) is 24.3 Å². The number of halogens is 2. The van der Waals surface area contributed by atoms with Gasteiger partial charge in [0.2, 0.25) is 0 Å². The normalized spacial score (nSPS) is 13.9. The van der Waals surface area contributed by atoms with Crippen LogP contribution in [0.2, 0.25) is 5.02 Å². The van der Waals surface area contributed by atoms with Crippen LogP contribution in [0, 0.1) is 19.7 Å². The molecule has 1 heterocycles. The molecule has 0 saturated heterocycles. The molecule has 0 spiro atoms. The van der Waals surface area contributed by atoms with E-state index in [1.807, 2.05) is 32.0 Å². The van der Waals surface area contributed by atoms with Gasteiger partial charge in [-0.3, -0.25) is 9.59 Å². The molecule has 2 amide bonds. The Bertz CT molecular complexity index is 1200. The highest BCUT2D eigenvalue weighted by atomic mass is 35.5. The molecule has 0 aliphatic carbocycles. The number of amides is 2. The number of nitrogens with one attached hydrogen (secondary N) is 1. The zero-order valence-corrected chi connectivity index (χ0v) is 17.1. The third-order valence-electron chi connectivity index (χ3n) is 5.01. The molecule has 0 saturated carbocycles. The summed E-state index contributed by atoms with van der Waals surface area (Å²) in [7, 11) is 0. The highest BCUT2D eigenvalue weighted by Crippen LogP contribution is 2.35. The van der Waals surface area contributed by atoms with E-state index in [2.05, 4.69) is 5.32 Å². The van der Waals surface area contributed by atoms with Gasteiger partial charge in [0.1, 0.15) is 11.5 Å². The maximum Gasteiger partial charge on any atom is 0.282 e. The van der Waals surface area contributed by atoms with Gasteiger partial charge in [-0.25, -0.2) is 9.29 Å². The minimum atomic E-state index is -0.481. The summed E-state index contributed by atoms with van der Waals surface area (Å²) in [5, 5.41) is 3.60. The number of para-hydroxylation sites is 1. The van der Waals surface area contributed by atoms with E-state index in [0.29, 0.717) is 22.0 Å². The minimum absolute atomic E-state index is 0.120. The number of benzene rings is 3. The van der Waals surface area contributed by atoms with Crippen LogP contribution in [0.15, 0.2) is 72.4 Å². The first-order valence-electron chi connectivity index (χ1n) is 9.34. The van der Waals surface area contributed by atoms with Crippen LogP contribution in [0.25, 0.3) is 5.57 Å². The lowest BCUT2D eigenvalue weighted by atomic mass is 10.0. The Labute approximate surface area is 178 Å². The van der Waals surface area contributed by atoms with E-state index in [0.717, 1.165) is 16.0 Å². The van der Waals surface area contributed by atoms with Gasteiger partial charge in [-0.15, -0.1) is 0 Å². The predicted molar refractivity (Wildman–Crippen MR) is 117 cm³/mol. The van der Waals surface area contributed by atoms with Crippen molar-refractivity contribution in [1.29, 1.82) is 0 Å². The van der Waals surface area contributed by atoms with Crippen LogP contribution in [0.5, 0.6) is 0 Å². The summed E-state index contributed by atoms with van der Waals surface area (Å²) < 4.78 is 13.5. The maximum absolute atomic E-state index is 13.5. The van der Waals surface area contributed by atoms with Crippen LogP contribution in [-0.2, 0) is 9.59 Å². The second-order valence-electron chi connectivity index (χ2n) is 7.08. The lowest BCUT2D eigenvalue weighted by Crippen LogP contribution is -2.33. The Balaban J connectivity index is 1.84. The third kappa shape index (κ3) is 3.48. The molecule has 0 unspecified atom stereocenters. The smallest absolute Gasteiger partial charge is 0.282 e. The summed E-state index contributed by atoms with van der Waals surface area (Å²) in [5.74, 6) is -1.38. The average Bonchev–Trinajstić information content (AvgIpc) is 2.96. The molecular weight excluding hydrogens is 403 g/mol. The van der Waals surface area contributed by atoms with Gasteiger partial charge in [0.05, 0.1) is 11.3 Å². The van der Waals surface area contributed by atoms with Crippen molar-refractivity contribution < 1.29 is 14.0 Å². The molecule has 0 fully saturated rings. The number of aryl methyl sites for hydroxylation is 2. The Hall–Kier alpha value is -3.44. The number of rotatable bonds is 4. The molecule has 4 nitrogen and oxygen atoms in total. The van der Waals surface area contributed by atoms with Crippen LogP contribution in [0.1, 0.15) is 16.7 Å². The van der Waals surface area contributed by atoms with Gasteiger partial charge in [0.15, 0.2) is 0 Å². The molecule has 30 heavy (non-hydrogen) atoms. The summed E-state index contributed by atoms with van der Waals surface area (Å²) in [4.78, 5) is 27.9. The molecule has 6 heteroatoms. The van der Waals surface area contributed by atoms with Crippen LogP contribution in [0.3, 0.4) is 0 Å². The number of nitrogens with zero attached hydrogens (tertiary/aromatic N) is 1. The summed E-state index contributed by atoms with van der Waals surface area (Å²) in [5.41, 5.74) is 3.52. The predicted octanol–water partition coefficient (Wildman–Crippen LogP) is 5.49. The van der Waals surface area contributed by atoms with Crippen LogP contribution in [-0.4, -0.2) is 11.8 Å². The molecule has 1 aliphatic rings. The second-order valence-corrected chi connectivity index (χ2v) is 7.49. The quantitative estimate of drug-likeness (QED) is 0.567. The molecule has 0 radical (unpaired) electrons. The number of anilines is 2. The summed E-state index contributed by atoms with van der Waals surface area (Å²) in [6.45, 7) is 3.71. The first-order chi connectivity index (χ1) is 14.4. The highest BCUT2D eigenvalue weighted by molar-refractivity contribution is 6.46. The van der Waals surface area contributed by atoms with Gasteiger partial charge >= 0.3 is 0 Å².